The molecule has 0 aliphatic carbocycles. The van der Waals surface area contributed by atoms with E-state index < -0.39 is 0 Å². The minimum atomic E-state index is -0.285. The molecule has 1 aromatic heterocycles. The van der Waals surface area contributed by atoms with E-state index in [4.69, 9.17) is 5.73 Å². The van der Waals surface area contributed by atoms with Crippen molar-refractivity contribution in [2.45, 2.75) is 19.4 Å². The van der Waals surface area contributed by atoms with E-state index in [0.29, 0.717) is 16.6 Å². The zero-order chi connectivity index (χ0) is 13.1. The van der Waals surface area contributed by atoms with Gasteiger partial charge in [0.05, 0.1) is 23.6 Å². The second-order valence-electron chi connectivity index (χ2n) is 4.17. The minimum Gasteiger partial charge on any atom is -0.322 e. The van der Waals surface area contributed by atoms with Crippen LogP contribution in [0.25, 0.3) is 0 Å². The summed E-state index contributed by atoms with van der Waals surface area (Å²) in [7, 11) is 0. The summed E-state index contributed by atoms with van der Waals surface area (Å²) >= 11 is 3.26. The van der Waals surface area contributed by atoms with Crippen molar-refractivity contribution in [3.8, 4) is 0 Å². The molecule has 0 aliphatic heterocycles. The third kappa shape index (κ3) is 3.34. The molecule has 0 bridgehead atoms. The van der Waals surface area contributed by atoms with Gasteiger partial charge in [-0.2, -0.15) is 0 Å². The highest BCUT2D eigenvalue weighted by molar-refractivity contribution is 9.10. The summed E-state index contributed by atoms with van der Waals surface area (Å²) in [6, 6.07) is 4.46. The largest absolute Gasteiger partial charge is 0.322 e. The Morgan fingerprint density at radius 1 is 1.28 bits per heavy atom. The van der Waals surface area contributed by atoms with E-state index in [1.54, 1.807) is 12.4 Å². The Bertz CT molecular complexity index is 522. The molecule has 3 nitrogen and oxygen atoms in total. The SMILES string of the molecule is Cc1cnc(C(N)Cc2cc(F)cc(Br)c2)cn1. The van der Waals surface area contributed by atoms with Gasteiger partial charge in [0.25, 0.3) is 0 Å². The quantitative estimate of drug-likeness (QED) is 0.948. The number of aromatic nitrogens is 2. The summed E-state index contributed by atoms with van der Waals surface area (Å²) < 4.78 is 13.9. The highest BCUT2D eigenvalue weighted by Gasteiger charge is 2.10. The Balaban J connectivity index is 2.15. The highest BCUT2D eigenvalue weighted by atomic mass is 79.9. The van der Waals surface area contributed by atoms with Gasteiger partial charge in [-0.25, -0.2) is 4.39 Å². The maximum atomic E-state index is 13.2. The van der Waals surface area contributed by atoms with Gasteiger partial charge < -0.3 is 5.73 Å². The normalized spacial score (nSPS) is 12.4. The Labute approximate surface area is 113 Å². The van der Waals surface area contributed by atoms with Gasteiger partial charge >= 0.3 is 0 Å². The van der Waals surface area contributed by atoms with E-state index in [2.05, 4.69) is 25.9 Å². The number of hydrogen-bond donors (Lipinski definition) is 1. The van der Waals surface area contributed by atoms with Crippen LogP contribution < -0.4 is 5.73 Å². The zero-order valence-electron chi connectivity index (χ0n) is 9.90. The fraction of sp³-hybridized carbons (Fsp3) is 0.231. The molecule has 1 atom stereocenters. The molecule has 1 unspecified atom stereocenters. The van der Waals surface area contributed by atoms with Crippen LogP contribution in [0.3, 0.4) is 0 Å². The molecule has 0 aliphatic rings. The van der Waals surface area contributed by atoms with Gasteiger partial charge in [0.1, 0.15) is 5.82 Å². The van der Waals surface area contributed by atoms with Crippen LogP contribution >= 0.6 is 15.9 Å². The molecule has 94 valence electrons. The average molecular weight is 310 g/mol. The summed E-state index contributed by atoms with van der Waals surface area (Å²) in [6.07, 6.45) is 3.86. The fourth-order valence-electron chi connectivity index (χ4n) is 1.68. The number of benzene rings is 1. The number of halogens is 2. The first-order valence-corrected chi connectivity index (χ1v) is 6.33. The number of nitrogens with two attached hydrogens (primary N) is 1. The molecule has 0 saturated carbocycles. The van der Waals surface area contributed by atoms with Crippen molar-refractivity contribution in [2.75, 3.05) is 0 Å². The van der Waals surface area contributed by atoms with Gasteiger partial charge in [0, 0.05) is 10.7 Å². The second-order valence-corrected chi connectivity index (χ2v) is 5.09. The van der Waals surface area contributed by atoms with Crippen LogP contribution in [0, 0.1) is 12.7 Å². The molecule has 1 heterocycles. The van der Waals surface area contributed by atoms with Gasteiger partial charge in [-0.05, 0) is 37.1 Å². The average Bonchev–Trinajstić information content (AvgIpc) is 2.28. The van der Waals surface area contributed by atoms with Crippen molar-refractivity contribution in [2.24, 2.45) is 5.73 Å². The molecular formula is C13H13BrFN3. The van der Waals surface area contributed by atoms with Gasteiger partial charge in [-0.3, -0.25) is 9.97 Å². The lowest BCUT2D eigenvalue weighted by atomic mass is 10.0. The molecule has 2 aromatic rings. The Morgan fingerprint density at radius 3 is 2.67 bits per heavy atom. The van der Waals surface area contributed by atoms with Crippen molar-refractivity contribution in [3.63, 3.8) is 0 Å². The summed E-state index contributed by atoms with van der Waals surface area (Å²) in [5.74, 6) is -0.276. The Morgan fingerprint density at radius 2 is 2.06 bits per heavy atom. The summed E-state index contributed by atoms with van der Waals surface area (Å²) in [4.78, 5) is 8.38. The molecule has 0 radical (unpaired) electrons. The predicted octanol–water partition coefficient (Wildman–Crippen LogP) is 2.93. The Hall–Kier alpha value is -1.33. The topological polar surface area (TPSA) is 51.8 Å². The van der Waals surface area contributed by atoms with Crippen LogP contribution in [0.1, 0.15) is 23.0 Å². The van der Waals surface area contributed by atoms with Crippen LogP contribution in [0.4, 0.5) is 4.39 Å². The molecular weight excluding hydrogens is 297 g/mol. The van der Waals surface area contributed by atoms with E-state index in [-0.39, 0.29) is 11.9 Å². The van der Waals surface area contributed by atoms with Crippen molar-refractivity contribution < 1.29 is 4.39 Å². The van der Waals surface area contributed by atoms with E-state index in [9.17, 15) is 4.39 Å². The van der Waals surface area contributed by atoms with E-state index in [0.717, 1.165) is 11.3 Å². The Kier molecular flexibility index (Phi) is 4.04. The molecule has 0 saturated heterocycles. The van der Waals surface area contributed by atoms with E-state index in [1.807, 2.05) is 13.0 Å². The lowest BCUT2D eigenvalue weighted by molar-refractivity contribution is 0.619. The van der Waals surface area contributed by atoms with Crippen LogP contribution in [-0.2, 0) is 6.42 Å². The maximum absolute atomic E-state index is 13.2. The molecule has 2 N–H and O–H groups in total. The standard InChI is InChI=1S/C13H13BrFN3/c1-8-6-18-13(7-17-8)12(16)4-9-2-10(14)5-11(15)3-9/h2-3,5-7,12H,4,16H2,1H3. The molecule has 1 aromatic carbocycles. The lowest BCUT2D eigenvalue weighted by Crippen LogP contribution is -2.15. The molecule has 2 rings (SSSR count). The van der Waals surface area contributed by atoms with Gasteiger partial charge in [0.15, 0.2) is 0 Å². The lowest BCUT2D eigenvalue weighted by Gasteiger charge is -2.11. The number of nitrogens with zero attached hydrogens (tertiary/aromatic N) is 2. The van der Waals surface area contributed by atoms with Crippen molar-refractivity contribution in [3.05, 3.63) is 57.8 Å². The van der Waals surface area contributed by atoms with Crippen molar-refractivity contribution in [1.82, 2.24) is 9.97 Å². The summed E-state index contributed by atoms with van der Waals surface area (Å²) in [5, 5.41) is 0. The molecule has 0 fully saturated rings. The molecule has 5 heteroatoms. The van der Waals surface area contributed by atoms with Gasteiger partial charge in [-0.1, -0.05) is 15.9 Å². The third-order valence-corrected chi connectivity index (χ3v) is 3.02. The molecule has 0 spiro atoms. The fourth-order valence-corrected chi connectivity index (χ4v) is 2.19. The summed E-state index contributed by atoms with van der Waals surface area (Å²) in [6.45, 7) is 1.87. The zero-order valence-corrected chi connectivity index (χ0v) is 11.5. The first kappa shape index (κ1) is 13.1. The van der Waals surface area contributed by atoms with Crippen molar-refractivity contribution >= 4 is 15.9 Å². The van der Waals surface area contributed by atoms with Gasteiger partial charge in [0.2, 0.25) is 0 Å². The first-order chi connectivity index (χ1) is 8.54. The van der Waals surface area contributed by atoms with Crippen molar-refractivity contribution in [1.29, 1.82) is 0 Å². The highest BCUT2D eigenvalue weighted by Crippen LogP contribution is 2.19. The van der Waals surface area contributed by atoms with Crippen LogP contribution in [0.2, 0.25) is 0 Å². The predicted molar refractivity (Wildman–Crippen MR) is 71.5 cm³/mol. The van der Waals surface area contributed by atoms with Crippen LogP contribution in [0.5, 0.6) is 0 Å². The third-order valence-electron chi connectivity index (χ3n) is 2.56. The summed E-state index contributed by atoms with van der Waals surface area (Å²) in [5.41, 5.74) is 8.42. The van der Waals surface area contributed by atoms with E-state index in [1.165, 1.54) is 12.1 Å². The molecule has 0 amide bonds. The smallest absolute Gasteiger partial charge is 0.124 e. The van der Waals surface area contributed by atoms with Crippen LogP contribution in [-0.4, -0.2) is 9.97 Å². The number of aryl methyl sites for hydroxylation is 1. The minimum absolute atomic E-state index is 0.276. The van der Waals surface area contributed by atoms with Gasteiger partial charge in [-0.15, -0.1) is 0 Å². The number of rotatable bonds is 3. The number of hydrogen-bond acceptors (Lipinski definition) is 3. The van der Waals surface area contributed by atoms with E-state index >= 15 is 0 Å². The van der Waals surface area contributed by atoms with Crippen LogP contribution in [0.15, 0.2) is 35.1 Å². The first-order valence-electron chi connectivity index (χ1n) is 5.53. The second kappa shape index (κ2) is 5.54. The maximum Gasteiger partial charge on any atom is 0.124 e. The molecule has 18 heavy (non-hydrogen) atoms. The monoisotopic (exact) mass is 309 g/mol.